The number of rotatable bonds is 5. The van der Waals surface area contributed by atoms with E-state index in [-0.39, 0.29) is 30.2 Å². The number of piperazine rings is 1. The predicted octanol–water partition coefficient (Wildman–Crippen LogP) is 4.77. The zero-order chi connectivity index (χ0) is 21.1. The number of hydrogen-bond acceptors (Lipinski definition) is 2. The highest BCUT2D eigenvalue weighted by Crippen LogP contribution is 2.33. The van der Waals surface area contributed by atoms with Crippen molar-refractivity contribution in [3.8, 4) is 0 Å². The van der Waals surface area contributed by atoms with E-state index in [0.717, 1.165) is 31.2 Å². The Hall–Kier alpha value is -2.40. The molecule has 0 N–H and O–H groups in total. The molecule has 2 aromatic rings. The first-order valence-electron chi connectivity index (χ1n) is 10.6. The summed E-state index contributed by atoms with van der Waals surface area (Å²) in [6.45, 7) is 0.499. The smallest absolute Gasteiger partial charge is 0.250 e. The normalized spacial score (nSPS) is 20.7. The quantitative estimate of drug-likeness (QED) is 0.688. The molecule has 1 saturated carbocycles. The van der Waals surface area contributed by atoms with Crippen LogP contribution in [0.5, 0.6) is 0 Å². The molecule has 0 unspecified atom stereocenters. The Labute approximate surface area is 181 Å². The summed E-state index contributed by atoms with van der Waals surface area (Å²) in [5.41, 5.74) is 1.58. The van der Waals surface area contributed by atoms with Crippen molar-refractivity contribution >= 4 is 23.4 Å². The summed E-state index contributed by atoms with van der Waals surface area (Å²) in [5, 5.41) is 0.649. The van der Waals surface area contributed by atoms with Crippen molar-refractivity contribution in [1.82, 2.24) is 9.80 Å². The van der Waals surface area contributed by atoms with Crippen LogP contribution in [-0.2, 0) is 16.0 Å². The first-order valence-corrected chi connectivity index (χ1v) is 11.0. The first-order chi connectivity index (χ1) is 14.5. The number of amides is 2. The zero-order valence-electron chi connectivity index (χ0n) is 16.9. The molecule has 1 atom stereocenters. The monoisotopic (exact) mass is 428 g/mol. The molecule has 1 aliphatic carbocycles. The van der Waals surface area contributed by atoms with E-state index in [1.54, 1.807) is 21.9 Å². The standard InChI is InChI=1S/C24H26ClFN2O2/c25-21-9-5-4-6-17(21)14-15-27-22(29)16-28(20-7-2-1-3-8-20)24(30)23(27)18-10-12-19(26)13-11-18/h4-6,9-13,20,23H,1-3,7-8,14-16H2/t23-/m0/s1. The largest absolute Gasteiger partial charge is 0.328 e. The van der Waals surface area contributed by atoms with E-state index < -0.39 is 6.04 Å². The molecule has 0 bridgehead atoms. The number of hydrogen-bond donors (Lipinski definition) is 0. The Kier molecular flexibility index (Phi) is 6.38. The highest BCUT2D eigenvalue weighted by molar-refractivity contribution is 6.31. The van der Waals surface area contributed by atoms with E-state index in [4.69, 9.17) is 11.6 Å². The summed E-state index contributed by atoms with van der Waals surface area (Å²) in [6, 6.07) is 12.8. The molecule has 0 aromatic heterocycles. The van der Waals surface area contributed by atoms with Crippen molar-refractivity contribution in [3.05, 3.63) is 70.5 Å². The maximum absolute atomic E-state index is 13.6. The number of carbonyl (C=O) groups is 2. The Balaban J connectivity index is 1.61. The molecule has 158 valence electrons. The van der Waals surface area contributed by atoms with Gasteiger partial charge in [0.05, 0.1) is 0 Å². The second kappa shape index (κ2) is 9.17. The Morgan fingerprint density at radius 2 is 1.67 bits per heavy atom. The first kappa shape index (κ1) is 20.9. The van der Waals surface area contributed by atoms with Gasteiger partial charge in [0.2, 0.25) is 5.91 Å². The van der Waals surface area contributed by atoms with Gasteiger partial charge in [-0.15, -0.1) is 0 Å². The topological polar surface area (TPSA) is 40.6 Å². The average Bonchev–Trinajstić information content (AvgIpc) is 2.76. The lowest BCUT2D eigenvalue weighted by Gasteiger charge is -2.44. The van der Waals surface area contributed by atoms with Crippen LogP contribution in [0.1, 0.15) is 49.3 Å². The van der Waals surface area contributed by atoms with Crippen molar-refractivity contribution < 1.29 is 14.0 Å². The van der Waals surface area contributed by atoms with E-state index in [1.165, 1.54) is 18.6 Å². The molecule has 2 amide bonds. The fraction of sp³-hybridized carbons (Fsp3) is 0.417. The third-order valence-corrected chi connectivity index (χ3v) is 6.60. The van der Waals surface area contributed by atoms with E-state index in [1.807, 2.05) is 24.3 Å². The van der Waals surface area contributed by atoms with Gasteiger partial charge in [-0.1, -0.05) is 61.2 Å². The van der Waals surface area contributed by atoms with Crippen LogP contribution in [-0.4, -0.2) is 40.7 Å². The molecular weight excluding hydrogens is 403 g/mol. The minimum absolute atomic E-state index is 0.0627. The predicted molar refractivity (Wildman–Crippen MR) is 115 cm³/mol. The number of nitrogens with zero attached hydrogens (tertiary/aromatic N) is 2. The molecule has 4 nitrogen and oxygen atoms in total. The molecule has 2 aliphatic rings. The number of benzene rings is 2. The van der Waals surface area contributed by atoms with E-state index >= 15 is 0 Å². The Bertz CT molecular complexity index is 912. The molecule has 0 radical (unpaired) electrons. The van der Waals surface area contributed by atoms with Crippen molar-refractivity contribution in [3.63, 3.8) is 0 Å². The van der Waals surface area contributed by atoms with Crippen LogP contribution in [0, 0.1) is 5.82 Å². The lowest BCUT2D eigenvalue weighted by Crippen LogP contribution is -2.58. The van der Waals surface area contributed by atoms with Crippen molar-refractivity contribution in [2.24, 2.45) is 0 Å². The molecule has 2 aromatic carbocycles. The minimum Gasteiger partial charge on any atom is -0.328 e. The Morgan fingerprint density at radius 1 is 0.967 bits per heavy atom. The van der Waals surface area contributed by atoms with E-state index in [0.29, 0.717) is 23.6 Å². The van der Waals surface area contributed by atoms with Crippen LogP contribution in [0.3, 0.4) is 0 Å². The van der Waals surface area contributed by atoms with Crippen LogP contribution in [0.25, 0.3) is 0 Å². The maximum Gasteiger partial charge on any atom is 0.250 e. The molecular formula is C24H26ClFN2O2. The summed E-state index contributed by atoms with van der Waals surface area (Å²) in [4.78, 5) is 30.1. The summed E-state index contributed by atoms with van der Waals surface area (Å²) >= 11 is 6.28. The average molecular weight is 429 g/mol. The zero-order valence-corrected chi connectivity index (χ0v) is 17.7. The lowest BCUT2D eigenvalue weighted by atomic mass is 9.91. The van der Waals surface area contributed by atoms with Gasteiger partial charge in [0.1, 0.15) is 18.4 Å². The van der Waals surface area contributed by atoms with Crippen LogP contribution in [0.4, 0.5) is 4.39 Å². The fourth-order valence-corrected chi connectivity index (χ4v) is 4.84. The van der Waals surface area contributed by atoms with Crippen LogP contribution >= 0.6 is 11.6 Å². The van der Waals surface area contributed by atoms with Gasteiger partial charge in [-0.3, -0.25) is 9.59 Å². The summed E-state index contributed by atoms with van der Waals surface area (Å²) < 4.78 is 13.5. The third kappa shape index (κ3) is 4.36. The van der Waals surface area contributed by atoms with Crippen LogP contribution in [0.2, 0.25) is 5.02 Å². The number of halogens is 2. The van der Waals surface area contributed by atoms with Gasteiger partial charge in [-0.2, -0.15) is 0 Å². The molecule has 4 rings (SSSR count). The van der Waals surface area contributed by atoms with Gasteiger partial charge < -0.3 is 9.80 Å². The highest BCUT2D eigenvalue weighted by Gasteiger charge is 2.42. The molecule has 1 heterocycles. The Morgan fingerprint density at radius 3 is 2.37 bits per heavy atom. The molecule has 1 aliphatic heterocycles. The fourth-order valence-electron chi connectivity index (χ4n) is 4.61. The van der Waals surface area contributed by atoms with Gasteiger partial charge in [-0.05, 0) is 48.6 Å². The molecule has 6 heteroatoms. The van der Waals surface area contributed by atoms with Gasteiger partial charge in [0, 0.05) is 17.6 Å². The van der Waals surface area contributed by atoms with Gasteiger partial charge in [0.15, 0.2) is 0 Å². The van der Waals surface area contributed by atoms with Gasteiger partial charge in [0.25, 0.3) is 5.91 Å². The van der Waals surface area contributed by atoms with Crippen LogP contribution in [0.15, 0.2) is 48.5 Å². The minimum atomic E-state index is -0.726. The second-order valence-electron chi connectivity index (χ2n) is 8.14. The van der Waals surface area contributed by atoms with Crippen LogP contribution < -0.4 is 0 Å². The molecule has 0 spiro atoms. The highest BCUT2D eigenvalue weighted by atomic mass is 35.5. The van der Waals surface area contributed by atoms with E-state index in [2.05, 4.69) is 0 Å². The maximum atomic E-state index is 13.6. The third-order valence-electron chi connectivity index (χ3n) is 6.24. The van der Waals surface area contributed by atoms with Gasteiger partial charge in [-0.25, -0.2) is 4.39 Å². The molecule has 2 fully saturated rings. The van der Waals surface area contributed by atoms with E-state index in [9.17, 15) is 14.0 Å². The van der Waals surface area contributed by atoms with Crippen molar-refractivity contribution in [1.29, 1.82) is 0 Å². The summed E-state index contributed by atoms with van der Waals surface area (Å²) in [7, 11) is 0. The SMILES string of the molecule is O=C1[C@H](c2ccc(F)cc2)N(CCc2ccccc2Cl)C(=O)CN1C1CCCCC1. The number of carbonyl (C=O) groups excluding carboxylic acids is 2. The lowest BCUT2D eigenvalue weighted by molar-refractivity contribution is -0.159. The van der Waals surface area contributed by atoms with Crippen molar-refractivity contribution in [2.45, 2.75) is 50.6 Å². The van der Waals surface area contributed by atoms with Gasteiger partial charge >= 0.3 is 0 Å². The molecule has 30 heavy (non-hydrogen) atoms. The summed E-state index contributed by atoms with van der Waals surface area (Å²) in [6.07, 6.45) is 5.78. The molecule has 1 saturated heterocycles. The van der Waals surface area contributed by atoms with Crippen molar-refractivity contribution in [2.75, 3.05) is 13.1 Å². The summed E-state index contributed by atoms with van der Waals surface area (Å²) in [5.74, 6) is -0.492. The second-order valence-corrected chi connectivity index (χ2v) is 8.55.